The number of hydrogen-bond donors (Lipinski definition) is 0. The predicted octanol–water partition coefficient (Wildman–Crippen LogP) is 2.77. The van der Waals surface area contributed by atoms with Crippen molar-refractivity contribution < 1.29 is 4.79 Å². The molecule has 1 atom stereocenters. The maximum absolute atomic E-state index is 13.6. The highest BCUT2D eigenvalue weighted by molar-refractivity contribution is 5.87. The summed E-state index contributed by atoms with van der Waals surface area (Å²) in [5.74, 6) is 1.41. The molecule has 1 amide bonds. The summed E-state index contributed by atoms with van der Waals surface area (Å²) >= 11 is 0. The van der Waals surface area contributed by atoms with Gasteiger partial charge < -0.3 is 9.47 Å². The van der Waals surface area contributed by atoms with Crippen molar-refractivity contribution in [3.63, 3.8) is 0 Å². The lowest BCUT2D eigenvalue weighted by Crippen LogP contribution is -2.59. The minimum absolute atomic E-state index is 0.293. The van der Waals surface area contributed by atoms with E-state index in [1.54, 1.807) is 6.20 Å². The SMILES string of the molecule is O=C1N(Cc2ccccn2)CCCC12CCCN2Cc1nccn1C1CC1. The van der Waals surface area contributed by atoms with E-state index in [0.29, 0.717) is 18.5 Å². The van der Waals surface area contributed by atoms with Crippen LogP contribution in [0.3, 0.4) is 0 Å². The molecule has 0 N–H and O–H groups in total. The van der Waals surface area contributed by atoms with Gasteiger partial charge in [-0.05, 0) is 57.2 Å². The molecule has 0 bridgehead atoms. The van der Waals surface area contributed by atoms with E-state index >= 15 is 0 Å². The lowest BCUT2D eigenvalue weighted by Gasteiger charge is -2.44. The number of piperidine rings is 1. The Morgan fingerprint density at radius 2 is 1.89 bits per heavy atom. The van der Waals surface area contributed by atoms with Crippen LogP contribution in [0.1, 0.15) is 56.1 Å². The van der Waals surface area contributed by atoms with Gasteiger partial charge in [0.25, 0.3) is 0 Å². The highest BCUT2D eigenvalue weighted by Crippen LogP contribution is 2.41. The van der Waals surface area contributed by atoms with Gasteiger partial charge in [0.05, 0.1) is 18.8 Å². The number of imidazole rings is 1. The molecule has 2 aromatic rings. The largest absolute Gasteiger partial charge is 0.335 e. The number of likely N-dealkylation sites (tertiary alicyclic amines) is 2. The maximum atomic E-state index is 13.6. The number of hydrogen-bond acceptors (Lipinski definition) is 4. The zero-order chi connectivity index (χ0) is 18.3. The average molecular weight is 365 g/mol. The highest BCUT2D eigenvalue weighted by atomic mass is 16.2. The van der Waals surface area contributed by atoms with Crippen LogP contribution >= 0.6 is 0 Å². The fraction of sp³-hybridized carbons (Fsp3) is 0.571. The van der Waals surface area contributed by atoms with Crippen LogP contribution < -0.4 is 0 Å². The lowest BCUT2D eigenvalue weighted by molar-refractivity contribution is -0.148. The molecule has 142 valence electrons. The Kier molecular flexibility index (Phi) is 4.23. The Labute approximate surface area is 160 Å². The predicted molar refractivity (Wildman–Crippen MR) is 102 cm³/mol. The summed E-state index contributed by atoms with van der Waals surface area (Å²) in [4.78, 5) is 27.0. The Morgan fingerprint density at radius 3 is 2.67 bits per heavy atom. The van der Waals surface area contributed by atoms with Crippen LogP contribution in [-0.2, 0) is 17.9 Å². The molecule has 1 unspecified atom stereocenters. The molecule has 6 heteroatoms. The molecule has 2 aromatic heterocycles. The quantitative estimate of drug-likeness (QED) is 0.818. The molecule has 1 aliphatic carbocycles. The van der Waals surface area contributed by atoms with Gasteiger partial charge in [0.1, 0.15) is 11.4 Å². The monoisotopic (exact) mass is 365 g/mol. The summed E-state index contributed by atoms with van der Waals surface area (Å²) in [5, 5.41) is 0. The van der Waals surface area contributed by atoms with Crippen LogP contribution in [0, 0.1) is 0 Å². The van der Waals surface area contributed by atoms with E-state index in [0.717, 1.165) is 56.8 Å². The number of nitrogens with zero attached hydrogens (tertiary/aromatic N) is 5. The smallest absolute Gasteiger partial charge is 0.243 e. The van der Waals surface area contributed by atoms with Gasteiger partial charge in [-0.25, -0.2) is 4.98 Å². The number of carbonyl (C=O) groups is 1. The van der Waals surface area contributed by atoms with Crippen molar-refractivity contribution in [2.75, 3.05) is 13.1 Å². The fourth-order valence-electron chi connectivity index (χ4n) is 4.92. The zero-order valence-corrected chi connectivity index (χ0v) is 15.8. The van der Waals surface area contributed by atoms with Crippen molar-refractivity contribution in [3.05, 3.63) is 48.3 Å². The molecule has 3 fully saturated rings. The van der Waals surface area contributed by atoms with Gasteiger partial charge in [-0.1, -0.05) is 6.07 Å². The second kappa shape index (κ2) is 6.75. The Bertz CT molecular complexity index is 815. The standard InChI is InChI=1S/C21H27N5O/c27-20-21(8-3-12-24(20)15-17-5-1-2-10-22-17)9-4-13-25(21)16-19-23-11-14-26(19)18-6-7-18/h1-2,5,10-11,14,18H,3-4,6-9,12-13,15-16H2. The highest BCUT2D eigenvalue weighted by Gasteiger charge is 2.51. The Hall–Kier alpha value is -2.21. The van der Waals surface area contributed by atoms with Crippen LogP contribution in [0.25, 0.3) is 0 Å². The van der Waals surface area contributed by atoms with Gasteiger partial charge in [0.15, 0.2) is 0 Å². The van der Waals surface area contributed by atoms with Crippen LogP contribution in [0.2, 0.25) is 0 Å². The first-order valence-electron chi connectivity index (χ1n) is 10.2. The average Bonchev–Trinajstić information content (AvgIpc) is 3.30. The van der Waals surface area contributed by atoms with Gasteiger partial charge in [0.2, 0.25) is 5.91 Å². The molecule has 0 aromatic carbocycles. The van der Waals surface area contributed by atoms with Crippen LogP contribution in [0.15, 0.2) is 36.8 Å². The second-order valence-corrected chi connectivity index (χ2v) is 8.19. The molecule has 6 nitrogen and oxygen atoms in total. The lowest BCUT2D eigenvalue weighted by atomic mass is 9.85. The van der Waals surface area contributed by atoms with Gasteiger partial charge in [-0.2, -0.15) is 0 Å². The Morgan fingerprint density at radius 1 is 1.04 bits per heavy atom. The summed E-state index contributed by atoms with van der Waals surface area (Å²) in [6.07, 6.45) is 12.4. The van der Waals surface area contributed by atoms with Gasteiger partial charge in [0, 0.05) is 31.2 Å². The van der Waals surface area contributed by atoms with Crippen molar-refractivity contribution in [1.82, 2.24) is 24.3 Å². The minimum Gasteiger partial charge on any atom is -0.335 e. The van der Waals surface area contributed by atoms with Crippen LogP contribution in [0.5, 0.6) is 0 Å². The van der Waals surface area contributed by atoms with Crippen molar-refractivity contribution in [2.45, 2.75) is 63.2 Å². The molecule has 3 aliphatic rings. The normalized spacial score (nSPS) is 26.2. The first kappa shape index (κ1) is 16.9. The summed E-state index contributed by atoms with van der Waals surface area (Å²) in [5.41, 5.74) is 0.629. The number of carbonyl (C=O) groups excluding carboxylic acids is 1. The summed E-state index contributed by atoms with van der Waals surface area (Å²) in [6, 6.07) is 6.55. The minimum atomic E-state index is -0.340. The van der Waals surface area contributed by atoms with Crippen molar-refractivity contribution in [2.24, 2.45) is 0 Å². The van der Waals surface area contributed by atoms with E-state index < -0.39 is 0 Å². The third kappa shape index (κ3) is 3.06. The molecular weight excluding hydrogens is 338 g/mol. The zero-order valence-electron chi connectivity index (χ0n) is 15.8. The molecule has 27 heavy (non-hydrogen) atoms. The van der Waals surface area contributed by atoms with E-state index in [1.165, 1.54) is 12.8 Å². The first-order valence-corrected chi connectivity index (χ1v) is 10.2. The molecule has 5 rings (SSSR count). The van der Waals surface area contributed by atoms with E-state index in [4.69, 9.17) is 0 Å². The van der Waals surface area contributed by atoms with E-state index in [9.17, 15) is 4.79 Å². The first-order chi connectivity index (χ1) is 13.3. The summed E-state index contributed by atoms with van der Waals surface area (Å²) in [6.45, 7) is 3.22. The van der Waals surface area contributed by atoms with E-state index in [2.05, 4.69) is 25.6 Å². The van der Waals surface area contributed by atoms with E-state index in [-0.39, 0.29) is 5.54 Å². The summed E-state index contributed by atoms with van der Waals surface area (Å²) in [7, 11) is 0. The van der Waals surface area contributed by atoms with Crippen molar-refractivity contribution >= 4 is 5.91 Å². The number of amides is 1. The van der Waals surface area contributed by atoms with Crippen LogP contribution in [0.4, 0.5) is 0 Å². The number of rotatable bonds is 5. The molecule has 2 aliphatic heterocycles. The third-order valence-corrected chi connectivity index (χ3v) is 6.43. The van der Waals surface area contributed by atoms with E-state index in [1.807, 2.05) is 29.3 Å². The second-order valence-electron chi connectivity index (χ2n) is 8.19. The molecular formula is C21H27N5O. The van der Waals surface area contributed by atoms with Gasteiger partial charge >= 0.3 is 0 Å². The topological polar surface area (TPSA) is 54.3 Å². The molecule has 4 heterocycles. The third-order valence-electron chi connectivity index (χ3n) is 6.43. The number of pyridine rings is 1. The molecule has 1 spiro atoms. The number of aromatic nitrogens is 3. The van der Waals surface area contributed by atoms with Crippen molar-refractivity contribution in [1.29, 1.82) is 0 Å². The van der Waals surface area contributed by atoms with Crippen LogP contribution in [-0.4, -0.2) is 48.9 Å². The van der Waals surface area contributed by atoms with Gasteiger partial charge in [-0.3, -0.25) is 14.7 Å². The molecule has 1 saturated carbocycles. The Balaban J connectivity index is 1.36. The summed E-state index contributed by atoms with van der Waals surface area (Å²) < 4.78 is 2.32. The van der Waals surface area contributed by atoms with Crippen molar-refractivity contribution in [3.8, 4) is 0 Å². The molecule has 0 radical (unpaired) electrons. The fourth-order valence-corrected chi connectivity index (χ4v) is 4.92. The maximum Gasteiger partial charge on any atom is 0.243 e. The molecule has 2 saturated heterocycles. The van der Waals surface area contributed by atoms with Gasteiger partial charge in [-0.15, -0.1) is 0 Å².